The minimum atomic E-state index is 0.690. The Kier molecular flexibility index (Phi) is 3.69. The number of H-pyrrole nitrogens is 1. The van der Waals surface area contributed by atoms with Crippen LogP contribution in [0.2, 0.25) is 0 Å². The van der Waals surface area contributed by atoms with Gasteiger partial charge in [0.05, 0.1) is 11.0 Å². The Hall–Kier alpha value is -2.43. The van der Waals surface area contributed by atoms with E-state index in [0.29, 0.717) is 5.92 Å². The number of aromatic nitrogens is 4. The van der Waals surface area contributed by atoms with Gasteiger partial charge in [-0.25, -0.2) is 15.0 Å². The van der Waals surface area contributed by atoms with Gasteiger partial charge in [0, 0.05) is 31.3 Å². The van der Waals surface area contributed by atoms with E-state index in [0.717, 1.165) is 47.9 Å². The van der Waals surface area contributed by atoms with Crippen LogP contribution in [0.1, 0.15) is 24.4 Å². The summed E-state index contributed by atoms with van der Waals surface area (Å²) in [7, 11) is 0. The number of rotatable bonds is 3. The van der Waals surface area contributed by atoms with Crippen LogP contribution in [-0.2, 0) is 6.42 Å². The quantitative estimate of drug-likeness (QED) is 0.807. The molecule has 0 atom stereocenters. The van der Waals surface area contributed by atoms with Crippen molar-refractivity contribution in [2.75, 3.05) is 18.0 Å². The lowest BCUT2D eigenvalue weighted by Crippen LogP contribution is -2.35. The van der Waals surface area contributed by atoms with Crippen LogP contribution < -0.4 is 4.90 Å². The number of piperidine rings is 1. The monoisotopic (exact) mass is 307 g/mol. The van der Waals surface area contributed by atoms with Gasteiger partial charge in [-0.05, 0) is 37.8 Å². The molecule has 1 aliphatic rings. The molecule has 5 heteroatoms. The molecule has 0 radical (unpaired) electrons. The van der Waals surface area contributed by atoms with Gasteiger partial charge < -0.3 is 9.88 Å². The van der Waals surface area contributed by atoms with Gasteiger partial charge >= 0.3 is 0 Å². The van der Waals surface area contributed by atoms with Crippen LogP contribution in [-0.4, -0.2) is 33.0 Å². The Balaban J connectivity index is 1.39. The van der Waals surface area contributed by atoms with Crippen molar-refractivity contribution < 1.29 is 0 Å². The topological polar surface area (TPSA) is 57.7 Å². The molecule has 1 fully saturated rings. The van der Waals surface area contributed by atoms with Crippen LogP contribution in [0, 0.1) is 12.8 Å². The van der Waals surface area contributed by atoms with Gasteiger partial charge in [0.15, 0.2) is 0 Å². The molecule has 0 spiro atoms. The van der Waals surface area contributed by atoms with Crippen LogP contribution in [0.4, 0.5) is 5.82 Å². The number of aromatic amines is 1. The lowest BCUT2D eigenvalue weighted by molar-refractivity contribution is 0.396. The standard InChI is InChI=1S/C18H21N5/c1-13-10-18(20-12-19-13)23-8-6-14(7-9-23)11-17-21-15-4-2-3-5-16(15)22-17/h2-5,10,12,14H,6-9,11H2,1H3,(H,21,22). The van der Waals surface area contributed by atoms with Crippen molar-refractivity contribution in [1.82, 2.24) is 19.9 Å². The summed E-state index contributed by atoms with van der Waals surface area (Å²) in [6.45, 7) is 4.13. The number of hydrogen-bond donors (Lipinski definition) is 1. The molecular weight excluding hydrogens is 286 g/mol. The Morgan fingerprint density at radius 2 is 2.00 bits per heavy atom. The number of nitrogens with one attached hydrogen (secondary N) is 1. The van der Waals surface area contributed by atoms with Crippen LogP contribution in [0.3, 0.4) is 0 Å². The predicted molar refractivity (Wildman–Crippen MR) is 91.5 cm³/mol. The minimum absolute atomic E-state index is 0.690. The summed E-state index contributed by atoms with van der Waals surface area (Å²) in [6, 6.07) is 10.3. The number of fused-ring (bicyclic) bond motifs is 1. The molecule has 5 nitrogen and oxygen atoms in total. The van der Waals surface area contributed by atoms with Crippen molar-refractivity contribution in [3.8, 4) is 0 Å². The van der Waals surface area contributed by atoms with Gasteiger partial charge in [-0.1, -0.05) is 12.1 Å². The van der Waals surface area contributed by atoms with Gasteiger partial charge in [0.25, 0.3) is 0 Å². The van der Waals surface area contributed by atoms with Crippen LogP contribution in [0.15, 0.2) is 36.7 Å². The zero-order valence-corrected chi connectivity index (χ0v) is 13.4. The summed E-state index contributed by atoms with van der Waals surface area (Å²) in [5.41, 5.74) is 3.23. The molecule has 0 amide bonds. The highest BCUT2D eigenvalue weighted by Crippen LogP contribution is 2.24. The summed E-state index contributed by atoms with van der Waals surface area (Å²) in [4.78, 5) is 19.1. The van der Waals surface area contributed by atoms with Crippen LogP contribution in [0.5, 0.6) is 0 Å². The van der Waals surface area contributed by atoms with Crippen molar-refractivity contribution in [3.63, 3.8) is 0 Å². The fraction of sp³-hybridized carbons (Fsp3) is 0.389. The summed E-state index contributed by atoms with van der Waals surface area (Å²) < 4.78 is 0. The van der Waals surface area contributed by atoms with Gasteiger partial charge in [-0.2, -0.15) is 0 Å². The molecule has 1 aromatic carbocycles. The summed E-state index contributed by atoms with van der Waals surface area (Å²) in [5.74, 6) is 2.86. The number of nitrogens with zero attached hydrogens (tertiary/aromatic N) is 4. The second-order valence-corrected chi connectivity index (χ2v) is 6.35. The molecule has 0 aliphatic carbocycles. The zero-order chi connectivity index (χ0) is 15.6. The van der Waals surface area contributed by atoms with Gasteiger partial charge in [0.2, 0.25) is 0 Å². The van der Waals surface area contributed by atoms with Gasteiger partial charge in [-0.15, -0.1) is 0 Å². The van der Waals surface area contributed by atoms with Gasteiger partial charge in [-0.3, -0.25) is 0 Å². The molecule has 0 bridgehead atoms. The van der Waals surface area contributed by atoms with E-state index in [-0.39, 0.29) is 0 Å². The smallest absolute Gasteiger partial charge is 0.132 e. The third kappa shape index (κ3) is 3.04. The van der Waals surface area contributed by atoms with Crippen molar-refractivity contribution in [2.45, 2.75) is 26.2 Å². The number of anilines is 1. The van der Waals surface area contributed by atoms with E-state index in [2.05, 4.69) is 38.1 Å². The summed E-state index contributed by atoms with van der Waals surface area (Å²) in [6.07, 6.45) is 5.05. The van der Waals surface area contributed by atoms with E-state index in [1.807, 2.05) is 19.1 Å². The number of hydrogen-bond acceptors (Lipinski definition) is 4. The minimum Gasteiger partial charge on any atom is -0.356 e. The lowest BCUT2D eigenvalue weighted by atomic mass is 9.93. The maximum Gasteiger partial charge on any atom is 0.132 e. The number of imidazole rings is 1. The van der Waals surface area contributed by atoms with E-state index in [9.17, 15) is 0 Å². The SMILES string of the molecule is Cc1cc(N2CCC(Cc3nc4ccccc4[nH]3)CC2)ncn1. The van der Waals surface area contributed by atoms with Crippen molar-refractivity contribution in [3.05, 3.63) is 48.2 Å². The van der Waals surface area contributed by atoms with E-state index in [1.54, 1.807) is 6.33 Å². The molecule has 0 saturated carbocycles. The molecule has 3 heterocycles. The second kappa shape index (κ2) is 5.99. The van der Waals surface area contributed by atoms with Crippen LogP contribution in [0.25, 0.3) is 11.0 Å². The first-order chi connectivity index (χ1) is 11.3. The molecule has 3 aromatic rings. The van der Waals surface area contributed by atoms with Gasteiger partial charge in [0.1, 0.15) is 18.0 Å². The average Bonchev–Trinajstić information content (AvgIpc) is 2.98. The normalized spacial score (nSPS) is 16.1. The van der Waals surface area contributed by atoms with Crippen molar-refractivity contribution in [1.29, 1.82) is 0 Å². The summed E-state index contributed by atoms with van der Waals surface area (Å²) in [5, 5.41) is 0. The zero-order valence-electron chi connectivity index (χ0n) is 13.4. The maximum absolute atomic E-state index is 4.71. The number of para-hydroxylation sites is 2. The third-order valence-corrected chi connectivity index (χ3v) is 4.65. The first-order valence-corrected chi connectivity index (χ1v) is 8.25. The lowest BCUT2D eigenvalue weighted by Gasteiger charge is -2.32. The van der Waals surface area contributed by atoms with Crippen LogP contribution >= 0.6 is 0 Å². The molecule has 0 unspecified atom stereocenters. The first kappa shape index (κ1) is 14.2. The molecule has 118 valence electrons. The van der Waals surface area contributed by atoms with E-state index >= 15 is 0 Å². The third-order valence-electron chi connectivity index (χ3n) is 4.65. The predicted octanol–water partition coefficient (Wildman–Crippen LogP) is 3.12. The maximum atomic E-state index is 4.71. The average molecular weight is 307 g/mol. The van der Waals surface area contributed by atoms with E-state index in [4.69, 9.17) is 4.98 Å². The molecule has 2 aromatic heterocycles. The van der Waals surface area contributed by atoms with E-state index in [1.165, 1.54) is 12.8 Å². The number of benzene rings is 1. The molecular formula is C18H21N5. The highest BCUT2D eigenvalue weighted by molar-refractivity contribution is 5.74. The Labute approximate surface area is 135 Å². The highest BCUT2D eigenvalue weighted by Gasteiger charge is 2.21. The first-order valence-electron chi connectivity index (χ1n) is 8.25. The Morgan fingerprint density at radius 3 is 2.78 bits per heavy atom. The largest absolute Gasteiger partial charge is 0.356 e. The van der Waals surface area contributed by atoms with Crippen molar-refractivity contribution >= 4 is 16.9 Å². The molecule has 1 N–H and O–H groups in total. The van der Waals surface area contributed by atoms with E-state index < -0.39 is 0 Å². The number of aryl methyl sites for hydroxylation is 1. The Bertz CT molecular complexity index is 769. The summed E-state index contributed by atoms with van der Waals surface area (Å²) >= 11 is 0. The van der Waals surface area contributed by atoms with Crippen molar-refractivity contribution in [2.24, 2.45) is 5.92 Å². The fourth-order valence-corrected chi connectivity index (χ4v) is 3.36. The second-order valence-electron chi connectivity index (χ2n) is 6.35. The molecule has 1 saturated heterocycles. The molecule has 1 aliphatic heterocycles. The highest BCUT2D eigenvalue weighted by atomic mass is 15.2. The molecule has 4 rings (SSSR count). The molecule has 23 heavy (non-hydrogen) atoms. The Morgan fingerprint density at radius 1 is 1.17 bits per heavy atom. The fourth-order valence-electron chi connectivity index (χ4n) is 3.36.